The van der Waals surface area contributed by atoms with E-state index in [0.29, 0.717) is 5.92 Å². The molecule has 0 aliphatic heterocycles. The quantitative estimate of drug-likeness (QED) is 0.725. The number of aromatic nitrogens is 2. The molecule has 0 amide bonds. The van der Waals surface area contributed by atoms with Crippen LogP contribution in [0.5, 0.6) is 0 Å². The smallest absolute Gasteiger partial charge is 0.148 e. The molecule has 114 valence electrons. The maximum Gasteiger partial charge on any atom is 0.148 e. The van der Waals surface area contributed by atoms with Crippen LogP contribution in [0.4, 0.5) is 11.6 Å². The van der Waals surface area contributed by atoms with Crippen molar-refractivity contribution >= 4 is 27.6 Å². The van der Waals surface area contributed by atoms with Crippen LogP contribution in [0.1, 0.15) is 47.0 Å². The van der Waals surface area contributed by atoms with E-state index in [0.717, 1.165) is 42.2 Å². The Kier molecular flexibility index (Phi) is 7.88. The van der Waals surface area contributed by atoms with E-state index >= 15 is 0 Å². The fourth-order valence-electron chi connectivity index (χ4n) is 2.17. The number of hydrogen-bond donors (Lipinski definition) is 1. The van der Waals surface area contributed by atoms with Gasteiger partial charge in [0.05, 0.1) is 0 Å². The standard InChI is InChI=1S/C15H27BrN4/c1-5-9-17-14-13(16)15(19-11-18-14)20(8-4)10-12(6-2)7-3/h11-12H,5-10H2,1-4H3,(H,17,18,19). The van der Waals surface area contributed by atoms with E-state index in [1.807, 2.05) is 0 Å². The van der Waals surface area contributed by atoms with Crippen molar-refractivity contribution in [3.05, 3.63) is 10.8 Å². The predicted octanol–water partition coefficient (Wildman–Crippen LogP) is 4.32. The van der Waals surface area contributed by atoms with E-state index in [9.17, 15) is 0 Å². The van der Waals surface area contributed by atoms with Crippen LogP contribution < -0.4 is 10.2 Å². The third-order valence-corrected chi connectivity index (χ3v) is 4.36. The lowest BCUT2D eigenvalue weighted by Crippen LogP contribution is -2.30. The third kappa shape index (κ3) is 4.62. The van der Waals surface area contributed by atoms with Gasteiger partial charge in [0.1, 0.15) is 22.4 Å². The molecule has 4 nitrogen and oxygen atoms in total. The second-order valence-electron chi connectivity index (χ2n) is 5.01. The van der Waals surface area contributed by atoms with Gasteiger partial charge < -0.3 is 10.2 Å². The van der Waals surface area contributed by atoms with Gasteiger partial charge in [-0.15, -0.1) is 0 Å². The highest BCUT2D eigenvalue weighted by Crippen LogP contribution is 2.30. The van der Waals surface area contributed by atoms with Crippen LogP contribution in [0.3, 0.4) is 0 Å². The first-order valence-electron chi connectivity index (χ1n) is 7.67. The molecule has 1 aromatic heterocycles. The number of rotatable bonds is 9. The van der Waals surface area contributed by atoms with Crippen LogP contribution in [-0.2, 0) is 0 Å². The van der Waals surface area contributed by atoms with Gasteiger partial charge in [-0.05, 0) is 35.2 Å². The van der Waals surface area contributed by atoms with Gasteiger partial charge in [0.25, 0.3) is 0 Å². The molecule has 0 atom stereocenters. The Balaban J connectivity index is 2.91. The molecule has 0 radical (unpaired) electrons. The Morgan fingerprint density at radius 3 is 2.45 bits per heavy atom. The van der Waals surface area contributed by atoms with Gasteiger partial charge in [0.2, 0.25) is 0 Å². The Hall–Kier alpha value is -0.840. The van der Waals surface area contributed by atoms with Crippen LogP contribution in [0, 0.1) is 5.92 Å². The normalized spacial score (nSPS) is 10.9. The average Bonchev–Trinajstić information content (AvgIpc) is 2.48. The molecule has 5 heteroatoms. The summed E-state index contributed by atoms with van der Waals surface area (Å²) < 4.78 is 0.973. The Bertz CT molecular complexity index is 393. The molecule has 1 rings (SSSR count). The topological polar surface area (TPSA) is 41.1 Å². The van der Waals surface area contributed by atoms with Gasteiger partial charge in [-0.3, -0.25) is 0 Å². The summed E-state index contributed by atoms with van der Waals surface area (Å²) in [6.45, 7) is 11.8. The lowest BCUT2D eigenvalue weighted by molar-refractivity contribution is 0.484. The fourth-order valence-corrected chi connectivity index (χ4v) is 2.77. The van der Waals surface area contributed by atoms with Gasteiger partial charge in [-0.1, -0.05) is 33.6 Å². The molecule has 1 aromatic rings. The minimum absolute atomic E-state index is 0.712. The lowest BCUT2D eigenvalue weighted by Gasteiger charge is -2.27. The monoisotopic (exact) mass is 342 g/mol. The molecular formula is C15H27BrN4. The van der Waals surface area contributed by atoms with Crippen LogP contribution >= 0.6 is 15.9 Å². The molecule has 0 bridgehead atoms. The highest BCUT2D eigenvalue weighted by Gasteiger charge is 2.16. The van der Waals surface area contributed by atoms with Crippen molar-refractivity contribution in [2.24, 2.45) is 5.92 Å². The van der Waals surface area contributed by atoms with E-state index in [-0.39, 0.29) is 0 Å². The highest BCUT2D eigenvalue weighted by atomic mass is 79.9. The van der Waals surface area contributed by atoms with Crippen molar-refractivity contribution < 1.29 is 0 Å². The van der Waals surface area contributed by atoms with E-state index in [1.165, 1.54) is 12.8 Å². The van der Waals surface area contributed by atoms with Gasteiger partial charge in [0, 0.05) is 19.6 Å². The fraction of sp³-hybridized carbons (Fsp3) is 0.733. The molecule has 0 spiro atoms. The number of halogens is 1. The average molecular weight is 343 g/mol. The predicted molar refractivity (Wildman–Crippen MR) is 90.5 cm³/mol. The molecular weight excluding hydrogens is 316 g/mol. The van der Waals surface area contributed by atoms with Crippen LogP contribution in [0.2, 0.25) is 0 Å². The van der Waals surface area contributed by atoms with Gasteiger partial charge >= 0.3 is 0 Å². The zero-order chi connectivity index (χ0) is 15.0. The number of nitrogens with zero attached hydrogens (tertiary/aromatic N) is 3. The number of hydrogen-bond acceptors (Lipinski definition) is 4. The summed E-state index contributed by atoms with van der Waals surface area (Å²) in [6.07, 6.45) is 5.14. The zero-order valence-electron chi connectivity index (χ0n) is 13.1. The third-order valence-electron chi connectivity index (χ3n) is 3.63. The Labute approximate surface area is 131 Å². The van der Waals surface area contributed by atoms with Crippen molar-refractivity contribution in [2.75, 3.05) is 29.9 Å². The minimum Gasteiger partial charge on any atom is -0.369 e. The van der Waals surface area contributed by atoms with Crippen LogP contribution in [0.25, 0.3) is 0 Å². The lowest BCUT2D eigenvalue weighted by atomic mass is 10.0. The summed E-state index contributed by atoms with van der Waals surface area (Å²) in [5.41, 5.74) is 0. The molecule has 1 N–H and O–H groups in total. The maximum absolute atomic E-state index is 4.47. The summed E-state index contributed by atoms with van der Waals surface area (Å²) in [6, 6.07) is 0. The molecule has 0 aromatic carbocycles. The van der Waals surface area contributed by atoms with Gasteiger partial charge in [0.15, 0.2) is 0 Å². The van der Waals surface area contributed by atoms with Crippen LogP contribution in [0.15, 0.2) is 10.8 Å². The molecule has 0 saturated heterocycles. The second kappa shape index (κ2) is 9.16. The van der Waals surface area contributed by atoms with Crippen molar-refractivity contribution in [1.82, 2.24) is 9.97 Å². The summed E-state index contributed by atoms with van der Waals surface area (Å²) in [4.78, 5) is 11.1. The highest BCUT2D eigenvalue weighted by molar-refractivity contribution is 9.10. The largest absolute Gasteiger partial charge is 0.369 e. The molecule has 0 aliphatic carbocycles. The number of anilines is 2. The SMILES string of the molecule is CCCNc1ncnc(N(CC)CC(CC)CC)c1Br. The van der Waals surface area contributed by atoms with E-state index in [2.05, 4.69) is 63.8 Å². The summed E-state index contributed by atoms with van der Waals surface area (Å²) in [5, 5.41) is 3.34. The van der Waals surface area contributed by atoms with E-state index in [1.54, 1.807) is 6.33 Å². The first-order chi connectivity index (χ1) is 9.67. The second-order valence-corrected chi connectivity index (χ2v) is 5.80. The van der Waals surface area contributed by atoms with Crippen molar-refractivity contribution in [2.45, 2.75) is 47.0 Å². The molecule has 1 heterocycles. The molecule has 0 aliphatic rings. The maximum atomic E-state index is 4.47. The minimum atomic E-state index is 0.712. The zero-order valence-corrected chi connectivity index (χ0v) is 14.7. The van der Waals surface area contributed by atoms with Crippen molar-refractivity contribution in [1.29, 1.82) is 0 Å². The first kappa shape index (κ1) is 17.2. The van der Waals surface area contributed by atoms with Crippen LogP contribution in [-0.4, -0.2) is 29.6 Å². The van der Waals surface area contributed by atoms with Gasteiger partial charge in [-0.25, -0.2) is 9.97 Å². The summed E-state index contributed by atoms with van der Waals surface area (Å²) >= 11 is 3.66. The Morgan fingerprint density at radius 1 is 1.20 bits per heavy atom. The van der Waals surface area contributed by atoms with Gasteiger partial charge in [-0.2, -0.15) is 0 Å². The van der Waals surface area contributed by atoms with Crippen molar-refractivity contribution in [3.8, 4) is 0 Å². The first-order valence-corrected chi connectivity index (χ1v) is 8.46. The molecule has 0 fully saturated rings. The van der Waals surface area contributed by atoms with E-state index in [4.69, 9.17) is 0 Å². The number of nitrogens with one attached hydrogen (secondary N) is 1. The molecule has 20 heavy (non-hydrogen) atoms. The molecule has 0 unspecified atom stereocenters. The van der Waals surface area contributed by atoms with E-state index < -0.39 is 0 Å². The summed E-state index contributed by atoms with van der Waals surface area (Å²) in [7, 11) is 0. The Morgan fingerprint density at radius 2 is 1.90 bits per heavy atom. The van der Waals surface area contributed by atoms with Crippen molar-refractivity contribution in [3.63, 3.8) is 0 Å². The summed E-state index contributed by atoms with van der Waals surface area (Å²) in [5.74, 6) is 2.59. The molecule has 0 saturated carbocycles.